The average Bonchev–Trinajstić information content (AvgIpc) is 3.00. The standard InChI is InChI=1S/C21H28N4O2/c1-5-6-7-18-21(27)24(4)12-13-25(18)20(26)17-10-8-16(9-11-17)19-14(2)22-15(3)23-19/h8-11,18H,5-7,12-13H2,1-4H3,(H,22,23)/t18-/m1/s1. The zero-order valence-corrected chi connectivity index (χ0v) is 16.6. The summed E-state index contributed by atoms with van der Waals surface area (Å²) in [6, 6.07) is 7.16. The Morgan fingerprint density at radius 2 is 1.93 bits per heavy atom. The molecule has 27 heavy (non-hydrogen) atoms. The molecule has 1 N–H and O–H groups in total. The van der Waals surface area contributed by atoms with Gasteiger partial charge in [0.15, 0.2) is 0 Å². The van der Waals surface area contributed by atoms with Gasteiger partial charge in [-0.05, 0) is 32.4 Å². The van der Waals surface area contributed by atoms with Gasteiger partial charge in [0.05, 0.1) is 5.69 Å². The van der Waals surface area contributed by atoms with E-state index in [4.69, 9.17) is 0 Å². The lowest BCUT2D eigenvalue weighted by atomic mass is 10.0. The normalized spacial score (nSPS) is 17.5. The maximum absolute atomic E-state index is 13.1. The van der Waals surface area contributed by atoms with Crippen molar-refractivity contribution in [2.45, 2.75) is 46.1 Å². The van der Waals surface area contributed by atoms with Gasteiger partial charge < -0.3 is 14.8 Å². The highest BCUT2D eigenvalue weighted by Gasteiger charge is 2.35. The number of amides is 2. The van der Waals surface area contributed by atoms with E-state index in [0.29, 0.717) is 18.7 Å². The second-order valence-corrected chi connectivity index (χ2v) is 7.29. The van der Waals surface area contributed by atoms with Crippen LogP contribution >= 0.6 is 0 Å². The maximum atomic E-state index is 13.1. The second-order valence-electron chi connectivity index (χ2n) is 7.29. The van der Waals surface area contributed by atoms with Crippen molar-refractivity contribution in [3.8, 4) is 11.3 Å². The number of hydrogen-bond acceptors (Lipinski definition) is 3. The van der Waals surface area contributed by atoms with Gasteiger partial charge in [0.2, 0.25) is 5.91 Å². The minimum Gasteiger partial charge on any atom is -0.346 e. The van der Waals surface area contributed by atoms with E-state index in [2.05, 4.69) is 16.9 Å². The van der Waals surface area contributed by atoms with Gasteiger partial charge >= 0.3 is 0 Å². The molecule has 0 aliphatic carbocycles. The van der Waals surface area contributed by atoms with Crippen molar-refractivity contribution in [3.63, 3.8) is 0 Å². The Balaban J connectivity index is 1.81. The molecule has 1 aliphatic heterocycles. The highest BCUT2D eigenvalue weighted by Crippen LogP contribution is 2.23. The molecular formula is C21H28N4O2. The largest absolute Gasteiger partial charge is 0.346 e. The monoisotopic (exact) mass is 368 g/mol. The summed E-state index contributed by atoms with van der Waals surface area (Å²) in [5.41, 5.74) is 3.51. The van der Waals surface area contributed by atoms with Crippen molar-refractivity contribution in [3.05, 3.63) is 41.3 Å². The number of carbonyl (C=O) groups excluding carboxylic acids is 2. The molecule has 0 bridgehead atoms. The Labute approximate surface area is 160 Å². The van der Waals surface area contributed by atoms with Crippen LogP contribution in [-0.4, -0.2) is 57.8 Å². The smallest absolute Gasteiger partial charge is 0.254 e. The third-order valence-corrected chi connectivity index (χ3v) is 5.21. The Bertz CT molecular complexity index is 825. The van der Waals surface area contributed by atoms with E-state index in [-0.39, 0.29) is 17.9 Å². The summed E-state index contributed by atoms with van der Waals surface area (Å²) >= 11 is 0. The SMILES string of the molecule is CCCC[C@@H]1C(=O)N(C)CCN1C(=O)c1ccc(-c2nc(C)[nH]c2C)cc1. The number of carbonyl (C=O) groups is 2. The fraction of sp³-hybridized carbons (Fsp3) is 0.476. The third kappa shape index (κ3) is 3.89. The van der Waals surface area contributed by atoms with Crippen LogP contribution < -0.4 is 0 Å². The summed E-state index contributed by atoms with van der Waals surface area (Å²) in [5, 5.41) is 0. The molecule has 2 amide bonds. The maximum Gasteiger partial charge on any atom is 0.254 e. The van der Waals surface area contributed by atoms with Crippen LogP contribution in [0.1, 0.15) is 48.1 Å². The lowest BCUT2D eigenvalue weighted by Gasteiger charge is -2.39. The van der Waals surface area contributed by atoms with Gasteiger partial charge in [-0.15, -0.1) is 0 Å². The van der Waals surface area contributed by atoms with E-state index in [0.717, 1.165) is 42.0 Å². The number of rotatable bonds is 5. The van der Waals surface area contributed by atoms with E-state index in [9.17, 15) is 9.59 Å². The minimum absolute atomic E-state index is 0.0438. The first-order chi connectivity index (χ1) is 12.9. The molecule has 0 unspecified atom stereocenters. The fourth-order valence-electron chi connectivity index (χ4n) is 3.66. The van der Waals surface area contributed by atoms with Gasteiger partial charge in [0, 0.05) is 37.0 Å². The number of imidazole rings is 1. The van der Waals surface area contributed by atoms with Gasteiger partial charge in [0.25, 0.3) is 5.91 Å². The molecular weight excluding hydrogens is 340 g/mol. The molecule has 1 saturated heterocycles. The number of unbranched alkanes of at least 4 members (excludes halogenated alkanes) is 1. The minimum atomic E-state index is -0.355. The summed E-state index contributed by atoms with van der Waals surface area (Å²) in [7, 11) is 1.81. The lowest BCUT2D eigenvalue weighted by Crippen LogP contribution is -2.57. The first kappa shape index (κ1) is 19.1. The molecule has 2 aromatic rings. The Hall–Kier alpha value is -2.63. The number of nitrogens with one attached hydrogen (secondary N) is 1. The number of piperazine rings is 1. The number of aromatic nitrogens is 2. The van der Waals surface area contributed by atoms with Gasteiger partial charge in [-0.1, -0.05) is 31.9 Å². The topological polar surface area (TPSA) is 69.3 Å². The number of hydrogen-bond donors (Lipinski definition) is 1. The average molecular weight is 368 g/mol. The molecule has 6 heteroatoms. The fourth-order valence-corrected chi connectivity index (χ4v) is 3.66. The molecule has 6 nitrogen and oxygen atoms in total. The van der Waals surface area contributed by atoms with Gasteiger partial charge in [-0.3, -0.25) is 9.59 Å². The van der Waals surface area contributed by atoms with Crippen molar-refractivity contribution in [1.82, 2.24) is 19.8 Å². The summed E-state index contributed by atoms with van der Waals surface area (Å²) in [6.45, 7) is 7.17. The van der Waals surface area contributed by atoms with Crippen molar-refractivity contribution in [2.75, 3.05) is 20.1 Å². The zero-order chi connectivity index (χ0) is 19.6. The van der Waals surface area contributed by atoms with Crippen molar-refractivity contribution in [2.24, 2.45) is 0 Å². The van der Waals surface area contributed by atoms with Crippen molar-refractivity contribution in [1.29, 1.82) is 0 Å². The molecule has 0 spiro atoms. The van der Waals surface area contributed by atoms with Gasteiger partial charge in [0.1, 0.15) is 11.9 Å². The van der Waals surface area contributed by atoms with Crippen LogP contribution in [-0.2, 0) is 4.79 Å². The number of nitrogens with zero attached hydrogens (tertiary/aromatic N) is 3. The van der Waals surface area contributed by atoms with Gasteiger partial charge in [-0.25, -0.2) is 4.98 Å². The van der Waals surface area contributed by atoms with E-state index in [1.807, 2.05) is 45.2 Å². The number of aryl methyl sites for hydroxylation is 2. The number of benzene rings is 1. The summed E-state index contributed by atoms with van der Waals surface area (Å²) in [6.07, 6.45) is 2.66. The highest BCUT2D eigenvalue weighted by atomic mass is 16.2. The predicted octanol–water partition coefficient (Wildman–Crippen LogP) is 3.17. The zero-order valence-electron chi connectivity index (χ0n) is 16.6. The Morgan fingerprint density at radius 3 is 2.52 bits per heavy atom. The Kier molecular flexibility index (Phi) is 5.63. The molecule has 3 rings (SSSR count). The number of aromatic amines is 1. The molecule has 0 saturated carbocycles. The van der Waals surface area contributed by atoms with Crippen LogP contribution in [0.15, 0.2) is 24.3 Å². The van der Waals surface area contributed by atoms with Crippen molar-refractivity contribution >= 4 is 11.8 Å². The van der Waals surface area contributed by atoms with E-state index >= 15 is 0 Å². The molecule has 1 aromatic carbocycles. The molecule has 1 atom stereocenters. The van der Waals surface area contributed by atoms with Crippen LogP contribution in [0.3, 0.4) is 0 Å². The quantitative estimate of drug-likeness (QED) is 0.881. The molecule has 0 radical (unpaired) electrons. The molecule has 1 fully saturated rings. The van der Waals surface area contributed by atoms with Crippen LogP contribution in [0.5, 0.6) is 0 Å². The van der Waals surface area contributed by atoms with E-state index < -0.39 is 0 Å². The predicted molar refractivity (Wildman–Crippen MR) is 105 cm³/mol. The van der Waals surface area contributed by atoms with Crippen LogP contribution in [0.25, 0.3) is 11.3 Å². The molecule has 2 heterocycles. The van der Waals surface area contributed by atoms with Crippen molar-refractivity contribution < 1.29 is 9.59 Å². The Morgan fingerprint density at radius 1 is 1.22 bits per heavy atom. The van der Waals surface area contributed by atoms with Crippen LogP contribution in [0, 0.1) is 13.8 Å². The molecule has 144 valence electrons. The lowest BCUT2D eigenvalue weighted by molar-refractivity contribution is -0.138. The number of H-pyrrole nitrogens is 1. The second kappa shape index (κ2) is 7.94. The van der Waals surface area contributed by atoms with Gasteiger partial charge in [-0.2, -0.15) is 0 Å². The number of likely N-dealkylation sites (N-methyl/N-ethyl adjacent to an activating group) is 1. The third-order valence-electron chi connectivity index (χ3n) is 5.21. The van der Waals surface area contributed by atoms with Crippen LogP contribution in [0.4, 0.5) is 0 Å². The first-order valence-corrected chi connectivity index (χ1v) is 9.62. The molecule has 1 aliphatic rings. The van der Waals surface area contributed by atoms with E-state index in [1.165, 1.54) is 0 Å². The van der Waals surface area contributed by atoms with E-state index in [1.54, 1.807) is 9.80 Å². The molecule has 1 aromatic heterocycles. The summed E-state index contributed by atoms with van der Waals surface area (Å²) in [5.74, 6) is 0.846. The highest BCUT2D eigenvalue weighted by molar-refractivity contribution is 5.98. The first-order valence-electron chi connectivity index (χ1n) is 9.62. The van der Waals surface area contributed by atoms with Crippen LogP contribution in [0.2, 0.25) is 0 Å². The summed E-state index contributed by atoms with van der Waals surface area (Å²) < 4.78 is 0. The summed E-state index contributed by atoms with van der Waals surface area (Å²) in [4.78, 5) is 36.8.